The molecule has 2 unspecified atom stereocenters. The summed E-state index contributed by atoms with van der Waals surface area (Å²) in [6.45, 7) is 5.62. The number of alkyl halides is 2. The molecule has 110 valence electrons. The zero-order valence-electron chi connectivity index (χ0n) is 11.7. The smallest absolute Gasteiger partial charge is 0.270 e. The molecule has 0 aromatic heterocycles. The topological polar surface area (TPSA) is 29.1 Å². The molecule has 0 saturated heterocycles. The summed E-state index contributed by atoms with van der Waals surface area (Å²) in [6, 6.07) is 6.72. The van der Waals surface area contributed by atoms with Crippen molar-refractivity contribution in [1.82, 2.24) is 5.32 Å². The van der Waals surface area contributed by atoms with Gasteiger partial charge in [0.1, 0.15) is 5.41 Å². The number of hydrogen-bond donors (Lipinski definition) is 1. The fourth-order valence-corrected chi connectivity index (χ4v) is 2.76. The number of rotatable bonds is 4. The normalized spacial score (nSPS) is 27.4. The largest absolute Gasteiger partial charge is 0.355 e. The van der Waals surface area contributed by atoms with E-state index in [0.29, 0.717) is 12.1 Å². The van der Waals surface area contributed by atoms with Gasteiger partial charge in [0.25, 0.3) is 5.92 Å². The number of carbonyl (C=O) groups excluding carboxylic acids is 1. The lowest BCUT2D eigenvalue weighted by molar-refractivity contribution is -0.129. The van der Waals surface area contributed by atoms with Gasteiger partial charge in [0.05, 0.1) is 5.92 Å². The maximum absolute atomic E-state index is 14.1. The molecule has 2 rings (SSSR count). The second-order valence-electron chi connectivity index (χ2n) is 5.91. The lowest BCUT2D eigenvalue weighted by atomic mass is 10.00. The molecule has 2 nitrogen and oxygen atoms in total. The summed E-state index contributed by atoms with van der Waals surface area (Å²) in [5.41, 5.74) is -1.14. The average molecular weight is 346 g/mol. The van der Waals surface area contributed by atoms with Gasteiger partial charge < -0.3 is 5.32 Å². The Hall–Kier alpha value is -0.970. The number of benzene rings is 1. The van der Waals surface area contributed by atoms with Gasteiger partial charge in [0.2, 0.25) is 5.91 Å². The molecule has 0 spiro atoms. The first-order valence-electron chi connectivity index (χ1n) is 6.62. The summed E-state index contributed by atoms with van der Waals surface area (Å²) in [5.74, 6) is -4.37. The molecule has 1 aliphatic carbocycles. The molecule has 1 amide bonds. The Morgan fingerprint density at radius 3 is 2.40 bits per heavy atom. The van der Waals surface area contributed by atoms with Crippen molar-refractivity contribution in [2.45, 2.75) is 32.6 Å². The van der Waals surface area contributed by atoms with Crippen LogP contribution in [-0.2, 0) is 4.79 Å². The van der Waals surface area contributed by atoms with E-state index in [0.717, 1.165) is 4.47 Å². The first-order valence-corrected chi connectivity index (χ1v) is 7.42. The molecule has 1 aromatic rings. The van der Waals surface area contributed by atoms with E-state index in [2.05, 4.69) is 21.2 Å². The van der Waals surface area contributed by atoms with Crippen LogP contribution < -0.4 is 5.32 Å². The van der Waals surface area contributed by atoms with Gasteiger partial charge in [-0.25, -0.2) is 8.78 Å². The molecule has 1 saturated carbocycles. The van der Waals surface area contributed by atoms with Gasteiger partial charge >= 0.3 is 0 Å². The van der Waals surface area contributed by atoms with Crippen LogP contribution in [0, 0.1) is 11.3 Å². The Bertz CT molecular complexity index is 515. The van der Waals surface area contributed by atoms with Crippen molar-refractivity contribution in [3.8, 4) is 0 Å². The van der Waals surface area contributed by atoms with E-state index in [1.54, 1.807) is 24.3 Å². The van der Waals surface area contributed by atoms with Crippen LogP contribution in [-0.4, -0.2) is 18.4 Å². The third kappa shape index (κ3) is 2.36. The number of nitrogens with one attached hydrogen (secondary N) is 1. The van der Waals surface area contributed by atoms with E-state index in [1.165, 1.54) is 6.92 Å². The molecular formula is C15H18BrF2NO. The van der Waals surface area contributed by atoms with Gasteiger partial charge in [-0.05, 0) is 30.5 Å². The van der Waals surface area contributed by atoms with Crippen LogP contribution in [0.5, 0.6) is 0 Å². The van der Waals surface area contributed by atoms with Crippen molar-refractivity contribution in [3.05, 3.63) is 34.3 Å². The van der Waals surface area contributed by atoms with Crippen LogP contribution in [0.4, 0.5) is 8.78 Å². The van der Waals surface area contributed by atoms with Crippen molar-refractivity contribution in [2.24, 2.45) is 11.3 Å². The average Bonchev–Trinajstić information content (AvgIpc) is 2.83. The summed E-state index contributed by atoms with van der Waals surface area (Å²) >= 11 is 3.27. The van der Waals surface area contributed by atoms with Gasteiger partial charge in [-0.3, -0.25) is 4.79 Å². The third-order valence-electron chi connectivity index (χ3n) is 3.89. The first-order chi connectivity index (χ1) is 9.21. The Kier molecular flexibility index (Phi) is 3.93. The molecule has 20 heavy (non-hydrogen) atoms. The highest BCUT2D eigenvalue weighted by molar-refractivity contribution is 9.10. The van der Waals surface area contributed by atoms with Crippen molar-refractivity contribution in [1.29, 1.82) is 0 Å². The van der Waals surface area contributed by atoms with Gasteiger partial charge in [-0.1, -0.05) is 41.9 Å². The maximum atomic E-state index is 14.1. The van der Waals surface area contributed by atoms with E-state index in [1.807, 2.05) is 13.8 Å². The molecule has 0 aliphatic heterocycles. The highest BCUT2D eigenvalue weighted by atomic mass is 79.9. The summed E-state index contributed by atoms with van der Waals surface area (Å²) in [5, 5.41) is 2.62. The highest BCUT2D eigenvalue weighted by Crippen LogP contribution is 2.71. The van der Waals surface area contributed by atoms with E-state index in [-0.39, 0.29) is 5.92 Å². The van der Waals surface area contributed by atoms with Gasteiger partial charge in [0, 0.05) is 11.0 Å². The van der Waals surface area contributed by atoms with Gasteiger partial charge in [-0.2, -0.15) is 0 Å². The second-order valence-corrected chi connectivity index (χ2v) is 6.83. The van der Waals surface area contributed by atoms with E-state index >= 15 is 0 Å². The van der Waals surface area contributed by atoms with E-state index in [4.69, 9.17) is 0 Å². The van der Waals surface area contributed by atoms with Crippen molar-refractivity contribution < 1.29 is 13.6 Å². The standard InChI is InChI=1S/C15H18BrF2NO/c1-9(2)8-19-13(20)14(3)12(15(14,17)18)10-4-6-11(16)7-5-10/h4-7,9,12H,8H2,1-3H3,(H,19,20). The predicted molar refractivity (Wildman–Crippen MR) is 77.8 cm³/mol. The minimum absolute atomic E-state index is 0.237. The lowest BCUT2D eigenvalue weighted by Crippen LogP contribution is -2.36. The molecule has 1 fully saturated rings. The molecule has 0 radical (unpaired) electrons. The van der Waals surface area contributed by atoms with Gasteiger partial charge in [-0.15, -0.1) is 0 Å². The SMILES string of the molecule is CC(C)CNC(=O)C1(C)C(c2ccc(Br)cc2)C1(F)F. The van der Waals surface area contributed by atoms with Crippen LogP contribution in [0.2, 0.25) is 0 Å². The molecular weight excluding hydrogens is 328 g/mol. The minimum atomic E-state index is -3.00. The van der Waals surface area contributed by atoms with Crippen molar-refractivity contribution in [3.63, 3.8) is 0 Å². The van der Waals surface area contributed by atoms with Crippen LogP contribution in [0.15, 0.2) is 28.7 Å². The number of carbonyl (C=O) groups is 1. The maximum Gasteiger partial charge on any atom is 0.270 e. The number of amides is 1. The van der Waals surface area contributed by atoms with Crippen molar-refractivity contribution in [2.75, 3.05) is 6.54 Å². The van der Waals surface area contributed by atoms with Crippen LogP contribution in [0.1, 0.15) is 32.3 Å². The fraction of sp³-hybridized carbons (Fsp3) is 0.533. The van der Waals surface area contributed by atoms with Crippen LogP contribution in [0.25, 0.3) is 0 Å². The Labute approximate surface area is 126 Å². The lowest BCUT2D eigenvalue weighted by Gasteiger charge is -2.13. The van der Waals surface area contributed by atoms with Crippen LogP contribution in [0.3, 0.4) is 0 Å². The zero-order chi connectivity index (χ0) is 15.1. The second kappa shape index (κ2) is 5.10. The first kappa shape index (κ1) is 15.4. The number of hydrogen-bond acceptors (Lipinski definition) is 1. The molecule has 1 N–H and O–H groups in total. The van der Waals surface area contributed by atoms with E-state index < -0.39 is 23.2 Å². The predicted octanol–water partition coefficient (Wildman–Crippen LogP) is 3.96. The van der Waals surface area contributed by atoms with Gasteiger partial charge in [0.15, 0.2) is 0 Å². The third-order valence-corrected chi connectivity index (χ3v) is 4.42. The molecule has 0 bridgehead atoms. The Balaban J connectivity index is 2.19. The van der Waals surface area contributed by atoms with E-state index in [9.17, 15) is 13.6 Å². The van der Waals surface area contributed by atoms with Crippen LogP contribution >= 0.6 is 15.9 Å². The van der Waals surface area contributed by atoms with Crippen molar-refractivity contribution >= 4 is 21.8 Å². The quantitative estimate of drug-likeness (QED) is 0.879. The summed E-state index contributed by atoms with van der Waals surface area (Å²) in [7, 11) is 0. The molecule has 5 heteroatoms. The number of halogens is 3. The zero-order valence-corrected chi connectivity index (χ0v) is 13.3. The summed E-state index contributed by atoms with van der Waals surface area (Å²) < 4.78 is 29.1. The molecule has 1 aliphatic rings. The molecule has 0 heterocycles. The summed E-state index contributed by atoms with van der Waals surface area (Å²) in [4.78, 5) is 12.1. The Morgan fingerprint density at radius 1 is 1.35 bits per heavy atom. The molecule has 1 aromatic carbocycles. The molecule has 2 atom stereocenters. The Morgan fingerprint density at radius 2 is 1.90 bits per heavy atom. The minimum Gasteiger partial charge on any atom is -0.355 e. The highest BCUT2D eigenvalue weighted by Gasteiger charge is 2.82. The monoisotopic (exact) mass is 345 g/mol. The fourth-order valence-electron chi connectivity index (χ4n) is 2.49. The summed E-state index contributed by atoms with van der Waals surface area (Å²) in [6.07, 6.45) is 0.